The molecule has 1 fully saturated rings. The summed E-state index contributed by atoms with van der Waals surface area (Å²) in [5, 5.41) is 0. The van der Waals surface area contributed by atoms with Crippen molar-refractivity contribution in [3.05, 3.63) is 74.6 Å². The highest BCUT2D eigenvalue weighted by Gasteiger charge is 2.26. The van der Waals surface area contributed by atoms with Crippen LogP contribution in [0.15, 0.2) is 46.1 Å². The first-order chi connectivity index (χ1) is 16.3. The number of imidazole rings is 1. The number of hydrogen-bond acceptors (Lipinski definition) is 5. The summed E-state index contributed by atoms with van der Waals surface area (Å²) in [7, 11) is 0. The number of pyridine rings is 1. The number of halogens is 2. The quantitative estimate of drug-likeness (QED) is 0.448. The summed E-state index contributed by atoms with van der Waals surface area (Å²) in [5.41, 5.74) is -0.131. The second kappa shape index (κ2) is 8.51. The second-order valence-corrected chi connectivity index (χ2v) is 8.80. The molecule has 34 heavy (non-hydrogen) atoms. The lowest BCUT2D eigenvalue weighted by Gasteiger charge is -2.13. The average molecular weight is 467 g/mol. The van der Waals surface area contributed by atoms with Gasteiger partial charge in [-0.3, -0.25) is 14.3 Å². The van der Waals surface area contributed by atoms with E-state index >= 15 is 0 Å². The molecule has 1 N–H and O–H groups in total. The highest BCUT2D eigenvalue weighted by molar-refractivity contribution is 5.78. The molecule has 4 aromatic rings. The van der Waals surface area contributed by atoms with Crippen LogP contribution >= 0.6 is 0 Å². The molecule has 10 heteroatoms. The molecular formula is C24H23F2N5O3. The van der Waals surface area contributed by atoms with Gasteiger partial charge < -0.3 is 9.30 Å². The zero-order valence-corrected chi connectivity index (χ0v) is 18.7. The fourth-order valence-corrected chi connectivity index (χ4v) is 4.03. The van der Waals surface area contributed by atoms with Crippen molar-refractivity contribution >= 4 is 11.2 Å². The van der Waals surface area contributed by atoms with Gasteiger partial charge in [-0.05, 0) is 62.4 Å². The number of H-pyrrole nitrogens is 1. The fraction of sp³-hybridized carbons (Fsp3) is 0.333. The topological polar surface area (TPSA) is 94.8 Å². The van der Waals surface area contributed by atoms with Crippen LogP contribution in [-0.4, -0.2) is 30.7 Å². The van der Waals surface area contributed by atoms with Gasteiger partial charge in [0.1, 0.15) is 17.5 Å². The molecule has 0 aliphatic heterocycles. The van der Waals surface area contributed by atoms with Crippen molar-refractivity contribution in [3.8, 4) is 17.3 Å². The van der Waals surface area contributed by atoms with Gasteiger partial charge in [-0.2, -0.15) is 0 Å². The van der Waals surface area contributed by atoms with Crippen LogP contribution in [0.3, 0.4) is 0 Å². The van der Waals surface area contributed by atoms with Gasteiger partial charge in [0.15, 0.2) is 11.2 Å². The monoisotopic (exact) mass is 467 g/mol. The van der Waals surface area contributed by atoms with Crippen LogP contribution < -0.4 is 16.0 Å². The van der Waals surface area contributed by atoms with E-state index in [-0.39, 0.29) is 23.8 Å². The van der Waals surface area contributed by atoms with Gasteiger partial charge in [-0.1, -0.05) is 0 Å². The Hall–Kier alpha value is -3.82. The van der Waals surface area contributed by atoms with Gasteiger partial charge in [-0.25, -0.2) is 23.5 Å². The Morgan fingerprint density at radius 3 is 2.59 bits per heavy atom. The number of benzene rings is 1. The van der Waals surface area contributed by atoms with Crippen molar-refractivity contribution in [1.82, 2.24) is 24.1 Å². The molecular weight excluding hydrogens is 444 g/mol. The molecule has 8 nitrogen and oxygen atoms in total. The van der Waals surface area contributed by atoms with Crippen LogP contribution in [0.5, 0.6) is 5.88 Å². The summed E-state index contributed by atoms with van der Waals surface area (Å²) in [6.45, 7) is 4.05. The SMILES string of the molecule is CC(C)n1c(=O)[nH]c(=O)c2c1nc(-c1cccnc1OCC1CC1)n2Cc1cc(F)cc(F)c1. The Morgan fingerprint density at radius 2 is 1.91 bits per heavy atom. The van der Waals surface area contributed by atoms with Crippen LogP contribution in [0, 0.1) is 17.6 Å². The predicted molar refractivity (Wildman–Crippen MR) is 122 cm³/mol. The van der Waals surface area contributed by atoms with Gasteiger partial charge >= 0.3 is 5.69 Å². The third-order valence-electron chi connectivity index (χ3n) is 5.78. The van der Waals surface area contributed by atoms with Crippen LogP contribution in [0.1, 0.15) is 38.3 Å². The van der Waals surface area contributed by atoms with Crippen molar-refractivity contribution in [2.24, 2.45) is 5.92 Å². The Balaban J connectivity index is 1.76. The molecule has 0 saturated heterocycles. The maximum absolute atomic E-state index is 13.9. The summed E-state index contributed by atoms with van der Waals surface area (Å²) >= 11 is 0. The van der Waals surface area contributed by atoms with Crippen LogP contribution in [0.25, 0.3) is 22.6 Å². The van der Waals surface area contributed by atoms with Crippen LogP contribution in [-0.2, 0) is 6.54 Å². The summed E-state index contributed by atoms with van der Waals surface area (Å²) < 4.78 is 36.7. The molecule has 176 valence electrons. The number of rotatable bonds is 7. The second-order valence-electron chi connectivity index (χ2n) is 8.80. The van der Waals surface area contributed by atoms with Crippen LogP contribution in [0.4, 0.5) is 8.78 Å². The van der Waals surface area contributed by atoms with E-state index in [9.17, 15) is 18.4 Å². The Kier molecular flexibility index (Phi) is 5.51. The number of ether oxygens (including phenoxy) is 1. The van der Waals surface area contributed by atoms with E-state index in [1.807, 2.05) is 0 Å². The van der Waals surface area contributed by atoms with Gasteiger partial charge in [0.05, 0.1) is 18.7 Å². The van der Waals surface area contributed by atoms with E-state index < -0.39 is 22.9 Å². The minimum Gasteiger partial charge on any atom is -0.477 e. The average Bonchev–Trinajstić information content (AvgIpc) is 3.52. The lowest BCUT2D eigenvalue weighted by atomic mass is 10.2. The fourth-order valence-electron chi connectivity index (χ4n) is 4.03. The number of aromatic amines is 1. The zero-order chi connectivity index (χ0) is 24.0. The minimum absolute atomic E-state index is 0.0587. The van der Waals surface area contributed by atoms with Crippen molar-refractivity contribution < 1.29 is 13.5 Å². The minimum atomic E-state index is -0.733. The molecule has 0 radical (unpaired) electrons. The largest absolute Gasteiger partial charge is 0.477 e. The normalized spacial score (nSPS) is 13.7. The summed E-state index contributed by atoms with van der Waals surface area (Å²) in [6.07, 6.45) is 3.79. The van der Waals surface area contributed by atoms with Crippen LogP contribution in [0.2, 0.25) is 0 Å². The predicted octanol–water partition coefficient (Wildman–Crippen LogP) is 3.64. The first kappa shape index (κ1) is 22.0. The van der Waals surface area contributed by atoms with Gasteiger partial charge in [0, 0.05) is 18.3 Å². The molecule has 3 aromatic heterocycles. The van der Waals surface area contributed by atoms with Gasteiger partial charge in [0.25, 0.3) is 5.56 Å². The molecule has 1 aromatic carbocycles. The van der Waals surface area contributed by atoms with Crippen molar-refractivity contribution in [3.63, 3.8) is 0 Å². The summed E-state index contributed by atoms with van der Waals surface area (Å²) in [6, 6.07) is 6.34. The van der Waals surface area contributed by atoms with E-state index in [0.29, 0.717) is 35.4 Å². The number of fused-ring (bicyclic) bond motifs is 1. The van der Waals surface area contributed by atoms with E-state index in [1.165, 1.54) is 16.7 Å². The highest BCUT2D eigenvalue weighted by atomic mass is 19.1. The third-order valence-corrected chi connectivity index (χ3v) is 5.78. The lowest BCUT2D eigenvalue weighted by molar-refractivity contribution is 0.289. The van der Waals surface area contributed by atoms with Crippen molar-refractivity contribution in [2.75, 3.05) is 6.61 Å². The molecule has 1 aliphatic carbocycles. The molecule has 0 unspecified atom stereocenters. The van der Waals surface area contributed by atoms with Gasteiger partial charge in [0.2, 0.25) is 5.88 Å². The number of nitrogens with one attached hydrogen (secondary N) is 1. The third kappa shape index (κ3) is 4.11. The Labute approximate surface area is 192 Å². The molecule has 0 amide bonds. The molecule has 3 heterocycles. The van der Waals surface area contributed by atoms with E-state index in [1.54, 1.807) is 36.7 Å². The molecule has 0 spiro atoms. The zero-order valence-electron chi connectivity index (χ0n) is 18.7. The Bertz CT molecular complexity index is 1480. The van der Waals surface area contributed by atoms with Crippen molar-refractivity contribution in [2.45, 2.75) is 39.3 Å². The first-order valence-electron chi connectivity index (χ1n) is 11.1. The maximum atomic E-state index is 13.9. The number of hydrogen-bond donors (Lipinski definition) is 1. The Morgan fingerprint density at radius 1 is 1.18 bits per heavy atom. The molecule has 1 saturated carbocycles. The maximum Gasteiger partial charge on any atom is 0.330 e. The molecule has 5 rings (SSSR count). The molecule has 0 atom stereocenters. The van der Waals surface area contributed by atoms with E-state index in [2.05, 4.69) is 15.0 Å². The van der Waals surface area contributed by atoms with E-state index in [0.717, 1.165) is 18.9 Å². The summed E-state index contributed by atoms with van der Waals surface area (Å²) in [4.78, 5) is 36.9. The highest BCUT2D eigenvalue weighted by Crippen LogP contribution is 2.33. The van der Waals surface area contributed by atoms with E-state index in [4.69, 9.17) is 4.74 Å². The van der Waals surface area contributed by atoms with Crippen molar-refractivity contribution in [1.29, 1.82) is 0 Å². The summed E-state index contributed by atoms with van der Waals surface area (Å²) in [5.74, 6) is -0.333. The molecule has 0 bridgehead atoms. The number of aromatic nitrogens is 5. The standard InChI is InChI=1S/C24H23F2N5O3/c1-13(2)31-21-19(22(32)29-24(31)33)30(11-15-8-16(25)10-17(26)9-15)20(28-21)18-4-3-7-27-23(18)34-12-14-5-6-14/h3-4,7-10,13-14H,5-6,11-12H2,1-2H3,(H,29,32,33). The lowest BCUT2D eigenvalue weighted by Crippen LogP contribution is -2.32. The smallest absolute Gasteiger partial charge is 0.330 e. The first-order valence-corrected chi connectivity index (χ1v) is 11.1. The number of nitrogens with zero attached hydrogens (tertiary/aromatic N) is 4. The van der Waals surface area contributed by atoms with Gasteiger partial charge in [-0.15, -0.1) is 0 Å². The molecule has 1 aliphatic rings.